The lowest BCUT2D eigenvalue weighted by molar-refractivity contribution is -0.140. The topological polar surface area (TPSA) is 26.3 Å². The van der Waals surface area contributed by atoms with Crippen molar-refractivity contribution in [3.05, 3.63) is 29.6 Å². The van der Waals surface area contributed by atoms with Gasteiger partial charge in [0.15, 0.2) is 0 Å². The van der Waals surface area contributed by atoms with Crippen molar-refractivity contribution in [3.63, 3.8) is 0 Å². The zero-order valence-electron chi connectivity index (χ0n) is 18.4. The third-order valence-electron chi connectivity index (χ3n) is 7.34. The zero-order chi connectivity index (χ0) is 22.4. The molecule has 0 radical (unpaired) electrons. The quantitative estimate of drug-likeness (QED) is 0.146. The third-order valence-corrected chi connectivity index (χ3v) is 9.88. The summed E-state index contributed by atoms with van der Waals surface area (Å²) >= 11 is 0. The SMILES string of the molecule is CCCC[SiH2][C@H]1CC[C@H]([C@H]2CC[C@H](C(=O)Oc3ccc(C(F)(F)F)c(F)c3)CC2)CC1. The molecule has 2 aliphatic carbocycles. The van der Waals surface area contributed by atoms with Crippen LogP contribution in [0.3, 0.4) is 0 Å². The molecule has 2 aliphatic rings. The highest BCUT2D eigenvalue weighted by molar-refractivity contribution is 6.37. The van der Waals surface area contributed by atoms with Crippen molar-refractivity contribution < 1.29 is 27.1 Å². The first kappa shape index (κ1) is 24.3. The number of alkyl halides is 3. The lowest BCUT2D eigenvalue weighted by Gasteiger charge is -2.37. The Kier molecular flexibility index (Phi) is 8.59. The van der Waals surface area contributed by atoms with E-state index < -0.39 is 23.5 Å². The summed E-state index contributed by atoms with van der Waals surface area (Å²) in [5.74, 6) is -0.844. The molecule has 2 saturated carbocycles. The van der Waals surface area contributed by atoms with Crippen molar-refractivity contribution in [1.82, 2.24) is 0 Å². The summed E-state index contributed by atoms with van der Waals surface area (Å²) in [7, 11) is 0.0916. The molecule has 3 rings (SSSR count). The monoisotopic (exact) mass is 458 g/mol. The van der Waals surface area contributed by atoms with Gasteiger partial charge in [0.1, 0.15) is 11.6 Å². The fraction of sp³-hybridized carbons (Fsp3) is 0.708. The maximum atomic E-state index is 13.7. The van der Waals surface area contributed by atoms with Crippen LogP contribution in [0.4, 0.5) is 17.6 Å². The van der Waals surface area contributed by atoms with Gasteiger partial charge in [-0.3, -0.25) is 4.79 Å². The number of esters is 1. The molecule has 174 valence electrons. The van der Waals surface area contributed by atoms with Gasteiger partial charge in [0.2, 0.25) is 0 Å². The summed E-state index contributed by atoms with van der Waals surface area (Å²) in [6.45, 7) is 2.26. The summed E-state index contributed by atoms with van der Waals surface area (Å²) < 4.78 is 56.9. The Bertz CT molecular complexity index is 721. The summed E-state index contributed by atoms with van der Waals surface area (Å²) in [5, 5.41) is 0. The zero-order valence-corrected chi connectivity index (χ0v) is 19.8. The number of hydrogen-bond donors (Lipinski definition) is 0. The Morgan fingerprint density at radius 2 is 1.65 bits per heavy atom. The van der Waals surface area contributed by atoms with E-state index in [-0.39, 0.29) is 21.2 Å². The van der Waals surface area contributed by atoms with Gasteiger partial charge in [-0.25, -0.2) is 4.39 Å². The smallest absolute Gasteiger partial charge is 0.419 e. The van der Waals surface area contributed by atoms with Gasteiger partial charge in [-0.15, -0.1) is 0 Å². The van der Waals surface area contributed by atoms with Crippen molar-refractivity contribution in [2.45, 2.75) is 88.9 Å². The van der Waals surface area contributed by atoms with Crippen LogP contribution in [0.5, 0.6) is 5.75 Å². The van der Waals surface area contributed by atoms with Gasteiger partial charge in [0.05, 0.1) is 11.5 Å². The number of carbonyl (C=O) groups excluding carboxylic acids is 1. The minimum absolute atomic E-state index is 0.0916. The van der Waals surface area contributed by atoms with E-state index >= 15 is 0 Å². The Morgan fingerprint density at radius 3 is 2.19 bits per heavy atom. The van der Waals surface area contributed by atoms with E-state index in [0.29, 0.717) is 18.1 Å². The Labute approximate surface area is 185 Å². The molecule has 0 N–H and O–H groups in total. The lowest BCUT2D eigenvalue weighted by atomic mass is 9.71. The first-order valence-corrected chi connectivity index (χ1v) is 13.7. The minimum atomic E-state index is -4.76. The molecular weight excluding hydrogens is 424 g/mol. The van der Waals surface area contributed by atoms with Crippen LogP contribution in [0.15, 0.2) is 18.2 Å². The van der Waals surface area contributed by atoms with Crippen molar-refractivity contribution in [2.75, 3.05) is 0 Å². The Hall–Kier alpha value is -1.37. The Balaban J connectivity index is 1.43. The molecule has 2 fully saturated rings. The van der Waals surface area contributed by atoms with Crippen LogP contribution in [0.1, 0.15) is 76.7 Å². The van der Waals surface area contributed by atoms with Gasteiger partial charge in [-0.1, -0.05) is 57.0 Å². The highest BCUT2D eigenvalue weighted by atomic mass is 28.2. The van der Waals surface area contributed by atoms with Crippen molar-refractivity contribution in [3.8, 4) is 5.75 Å². The Morgan fingerprint density at radius 1 is 1.03 bits per heavy atom. The predicted octanol–water partition coefficient (Wildman–Crippen LogP) is 6.92. The molecule has 0 bridgehead atoms. The highest BCUT2D eigenvalue weighted by Crippen LogP contribution is 2.43. The first-order valence-electron chi connectivity index (χ1n) is 11.9. The molecule has 2 nitrogen and oxygen atoms in total. The summed E-state index contributed by atoms with van der Waals surface area (Å²) in [4.78, 5) is 12.4. The number of rotatable bonds is 7. The van der Waals surface area contributed by atoms with E-state index in [9.17, 15) is 22.4 Å². The number of unbranched alkanes of at least 4 members (excludes halogenated alkanes) is 1. The average Bonchev–Trinajstić information content (AvgIpc) is 2.74. The molecule has 1 aromatic carbocycles. The summed E-state index contributed by atoms with van der Waals surface area (Å²) in [6, 6.07) is 3.77. The second-order valence-electron chi connectivity index (χ2n) is 9.45. The molecule has 0 amide bonds. The summed E-state index contributed by atoms with van der Waals surface area (Å²) in [6.07, 6.45) is 6.88. The van der Waals surface area contributed by atoms with Crippen molar-refractivity contribution in [1.29, 1.82) is 0 Å². The molecule has 0 unspecified atom stereocenters. The van der Waals surface area contributed by atoms with E-state index in [1.54, 1.807) is 0 Å². The molecule has 0 spiro atoms. The standard InChI is InChI=1S/C24H34F4O2Si/c1-2-3-14-31-20-11-8-17(9-12-20)16-4-6-18(7-5-16)23(29)30-19-10-13-21(22(25)15-19)24(26,27)28/h10,13,15-18,20H,2-9,11-12,14,31H2,1H3/t16-,17-,18-,20-. The number of benzene rings is 1. The van der Waals surface area contributed by atoms with E-state index in [1.807, 2.05) is 0 Å². The lowest BCUT2D eigenvalue weighted by Crippen LogP contribution is -2.30. The van der Waals surface area contributed by atoms with Crippen LogP contribution in [-0.4, -0.2) is 15.5 Å². The molecule has 0 atom stereocenters. The van der Waals surface area contributed by atoms with E-state index in [2.05, 4.69) is 6.92 Å². The molecule has 1 aromatic rings. The van der Waals surface area contributed by atoms with Crippen LogP contribution < -0.4 is 4.74 Å². The van der Waals surface area contributed by atoms with E-state index in [4.69, 9.17) is 4.74 Å². The largest absolute Gasteiger partial charge is 0.426 e. The van der Waals surface area contributed by atoms with Gasteiger partial charge in [0, 0.05) is 15.6 Å². The van der Waals surface area contributed by atoms with Crippen LogP contribution in [0.2, 0.25) is 11.6 Å². The number of halogens is 4. The molecule has 0 aliphatic heterocycles. The molecule has 0 saturated heterocycles. The minimum Gasteiger partial charge on any atom is -0.426 e. The molecule has 0 aromatic heterocycles. The van der Waals surface area contributed by atoms with Gasteiger partial charge in [-0.05, 0) is 49.7 Å². The third kappa shape index (κ3) is 6.80. The van der Waals surface area contributed by atoms with Crippen LogP contribution >= 0.6 is 0 Å². The van der Waals surface area contributed by atoms with E-state index in [0.717, 1.165) is 43.2 Å². The van der Waals surface area contributed by atoms with Crippen molar-refractivity contribution in [2.24, 2.45) is 17.8 Å². The first-order chi connectivity index (χ1) is 14.8. The fourth-order valence-corrected chi connectivity index (χ4v) is 7.86. The van der Waals surface area contributed by atoms with Crippen molar-refractivity contribution >= 4 is 15.5 Å². The van der Waals surface area contributed by atoms with E-state index in [1.165, 1.54) is 44.6 Å². The average molecular weight is 459 g/mol. The van der Waals surface area contributed by atoms with Crippen LogP contribution in [0, 0.1) is 23.6 Å². The normalized spacial score (nSPS) is 27.5. The van der Waals surface area contributed by atoms with Gasteiger partial charge >= 0.3 is 12.1 Å². The molecular formula is C24H34F4O2Si. The number of carbonyl (C=O) groups is 1. The highest BCUT2D eigenvalue weighted by Gasteiger charge is 2.35. The van der Waals surface area contributed by atoms with Crippen LogP contribution in [-0.2, 0) is 11.0 Å². The van der Waals surface area contributed by atoms with Gasteiger partial charge in [-0.2, -0.15) is 13.2 Å². The fourth-order valence-electron chi connectivity index (χ4n) is 5.45. The predicted molar refractivity (Wildman–Crippen MR) is 116 cm³/mol. The van der Waals surface area contributed by atoms with Gasteiger partial charge in [0.25, 0.3) is 0 Å². The maximum Gasteiger partial charge on any atom is 0.419 e. The van der Waals surface area contributed by atoms with Gasteiger partial charge < -0.3 is 4.74 Å². The molecule has 7 heteroatoms. The summed E-state index contributed by atoms with van der Waals surface area (Å²) in [5.41, 5.74) is -0.325. The molecule has 31 heavy (non-hydrogen) atoms. The number of hydrogen-bond acceptors (Lipinski definition) is 2. The second kappa shape index (κ2) is 11.0. The maximum absolute atomic E-state index is 13.7. The number of ether oxygens (including phenoxy) is 1. The van der Waals surface area contributed by atoms with Crippen LogP contribution in [0.25, 0.3) is 0 Å². The molecule has 0 heterocycles. The second-order valence-corrected chi connectivity index (χ2v) is 11.9.